The Morgan fingerprint density at radius 1 is 1.26 bits per heavy atom. The quantitative estimate of drug-likeness (QED) is 0.898. The number of rotatable bonds is 3. The summed E-state index contributed by atoms with van der Waals surface area (Å²) in [5.74, 6) is -0.878. The van der Waals surface area contributed by atoms with E-state index in [1.54, 1.807) is 19.1 Å². The van der Waals surface area contributed by atoms with E-state index >= 15 is 0 Å². The normalized spacial score (nSPS) is 28.4. The summed E-state index contributed by atoms with van der Waals surface area (Å²) in [6, 6.07) is 4.79. The van der Waals surface area contributed by atoms with Crippen LogP contribution < -0.4 is 5.32 Å². The van der Waals surface area contributed by atoms with Crippen molar-refractivity contribution >= 4 is 11.9 Å². The van der Waals surface area contributed by atoms with Crippen molar-refractivity contribution in [3.63, 3.8) is 0 Å². The van der Waals surface area contributed by atoms with Gasteiger partial charge in [0.15, 0.2) is 0 Å². The Morgan fingerprint density at radius 3 is 2.65 bits per heavy atom. The van der Waals surface area contributed by atoms with Gasteiger partial charge < -0.3 is 15.2 Å². The minimum absolute atomic E-state index is 0.0640. The van der Waals surface area contributed by atoms with E-state index in [2.05, 4.69) is 19.2 Å². The summed E-state index contributed by atoms with van der Waals surface area (Å²) in [7, 11) is 0. The number of carboxylic acid groups (broad SMARTS) is 1. The van der Waals surface area contributed by atoms with Crippen molar-refractivity contribution in [1.82, 2.24) is 5.32 Å². The van der Waals surface area contributed by atoms with Crippen molar-refractivity contribution in [2.45, 2.75) is 45.8 Å². The maximum Gasteiger partial charge on any atom is 0.335 e. The van der Waals surface area contributed by atoms with Crippen LogP contribution in [0.1, 0.15) is 53.0 Å². The average Bonchev–Trinajstić information content (AvgIpc) is 2.51. The number of carboxylic acids is 1. The smallest absolute Gasteiger partial charge is 0.335 e. The Morgan fingerprint density at radius 2 is 1.96 bits per heavy atom. The highest BCUT2D eigenvalue weighted by atomic mass is 16.5. The number of carbonyl (C=O) groups excluding carboxylic acids is 1. The van der Waals surface area contributed by atoms with Crippen LogP contribution in [0.4, 0.5) is 0 Å². The lowest BCUT2D eigenvalue weighted by atomic mass is 9.55. The van der Waals surface area contributed by atoms with Gasteiger partial charge in [-0.15, -0.1) is 0 Å². The molecule has 2 N–H and O–H groups in total. The lowest BCUT2D eigenvalue weighted by molar-refractivity contribution is -0.189. The molecule has 124 valence electrons. The summed E-state index contributed by atoms with van der Waals surface area (Å²) in [6.45, 7) is 6.82. The number of fused-ring (bicyclic) bond motifs is 1. The summed E-state index contributed by atoms with van der Waals surface area (Å²) in [5.41, 5.74) is 1.21. The molecule has 5 nitrogen and oxygen atoms in total. The fourth-order valence-electron chi connectivity index (χ4n) is 4.08. The largest absolute Gasteiger partial charge is 0.478 e. The summed E-state index contributed by atoms with van der Waals surface area (Å²) < 4.78 is 5.85. The van der Waals surface area contributed by atoms with E-state index in [1.165, 1.54) is 6.07 Å². The predicted molar refractivity (Wildman–Crippen MR) is 85.6 cm³/mol. The molecule has 23 heavy (non-hydrogen) atoms. The number of ether oxygens (including phenoxy) is 1. The second-order valence-electron chi connectivity index (χ2n) is 7.26. The number of benzene rings is 1. The van der Waals surface area contributed by atoms with Gasteiger partial charge in [-0.1, -0.05) is 13.8 Å². The minimum atomic E-state index is -1.02. The summed E-state index contributed by atoms with van der Waals surface area (Å²) >= 11 is 0. The molecule has 2 fully saturated rings. The summed E-state index contributed by atoms with van der Waals surface area (Å²) in [5, 5.41) is 12.2. The van der Waals surface area contributed by atoms with E-state index in [0.717, 1.165) is 25.0 Å². The number of carbonyl (C=O) groups is 2. The lowest BCUT2D eigenvalue weighted by Gasteiger charge is -2.59. The molecular formula is C18H23NO4. The van der Waals surface area contributed by atoms with Gasteiger partial charge in [0.05, 0.1) is 11.7 Å². The molecule has 2 aliphatic rings. The zero-order valence-electron chi connectivity index (χ0n) is 13.8. The zero-order valence-corrected chi connectivity index (χ0v) is 13.8. The fourth-order valence-corrected chi connectivity index (χ4v) is 4.08. The number of aryl methyl sites for hydroxylation is 1. The first-order valence-corrected chi connectivity index (χ1v) is 8.08. The summed E-state index contributed by atoms with van der Waals surface area (Å²) in [4.78, 5) is 23.8. The first-order chi connectivity index (χ1) is 10.8. The van der Waals surface area contributed by atoms with Crippen LogP contribution in [0, 0.1) is 18.3 Å². The minimum Gasteiger partial charge on any atom is -0.478 e. The van der Waals surface area contributed by atoms with Crippen LogP contribution in [0.25, 0.3) is 0 Å². The molecule has 1 aliphatic carbocycles. The molecule has 5 heteroatoms. The van der Waals surface area contributed by atoms with Crippen molar-refractivity contribution in [2.75, 3.05) is 6.61 Å². The number of aromatic carboxylic acids is 1. The third-order valence-corrected chi connectivity index (χ3v) is 5.20. The van der Waals surface area contributed by atoms with Crippen molar-refractivity contribution in [3.8, 4) is 0 Å². The molecule has 0 spiro atoms. The molecule has 0 radical (unpaired) electrons. The van der Waals surface area contributed by atoms with E-state index < -0.39 is 5.97 Å². The van der Waals surface area contributed by atoms with Crippen LogP contribution in [-0.4, -0.2) is 35.7 Å². The molecular weight excluding hydrogens is 294 g/mol. The second kappa shape index (κ2) is 5.64. The van der Waals surface area contributed by atoms with Crippen molar-refractivity contribution in [3.05, 3.63) is 34.9 Å². The SMILES string of the molecule is Cc1cc(C(=O)O)cc(C(=O)NC2C3CCCOC3C2(C)C)c1. The van der Waals surface area contributed by atoms with Crippen LogP contribution in [0.3, 0.4) is 0 Å². The van der Waals surface area contributed by atoms with Crippen molar-refractivity contribution in [1.29, 1.82) is 0 Å². The van der Waals surface area contributed by atoms with Gasteiger partial charge in [0, 0.05) is 29.5 Å². The molecule has 0 aromatic heterocycles. The monoisotopic (exact) mass is 317 g/mol. The third-order valence-electron chi connectivity index (χ3n) is 5.20. The summed E-state index contributed by atoms with van der Waals surface area (Å²) in [6.07, 6.45) is 2.29. The number of hydrogen-bond donors (Lipinski definition) is 2. The van der Waals surface area contributed by atoms with Gasteiger partial charge in [-0.05, 0) is 43.5 Å². The first kappa shape index (κ1) is 16.0. The zero-order chi connectivity index (χ0) is 16.8. The van der Waals surface area contributed by atoms with Crippen LogP contribution in [0.15, 0.2) is 18.2 Å². The topological polar surface area (TPSA) is 75.6 Å². The Kier molecular flexibility index (Phi) is 3.92. The molecule has 1 saturated heterocycles. The molecule has 3 unspecified atom stereocenters. The molecule has 1 aromatic rings. The Hall–Kier alpha value is -1.88. The van der Waals surface area contributed by atoms with Crippen molar-refractivity contribution in [2.24, 2.45) is 11.3 Å². The molecule has 1 aliphatic heterocycles. The maximum atomic E-state index is 12.6. The molecule has 1 saturated carbocycles. The van der Waals surface area contributed by atoms with E-state index in [-0.39, 0.29) is 29.0 Å². The van der Waals surface area contributed by atoms with E-state index in [4.69, 9.17) is 9.84 Å². The van der Waals surface area contributed by atoms with Gasteiger partial charge in [-0.3, -0.25) is 4.79 Å². The lowest BCUT2D eigenvalue weighted by Crippen LogP contribution is -2.70. The van der Waals surface area contributed by atoms with Crippen molar-refractivity contribution < 1.29 is 19.4 Å². The predicted octanol–water partition coefficient (Wildman–Crippen LogP) is 2.63. The Balaban J connectivity index is 1.78. The number of amides is 1. The molecule has 1 aromatic carbocycles. The van der Waals surface area contributed by atoms with Gasteiger partial charge >= 0.3 is 5.97 Å². The van der Waals surface area contributed by atoms with Gasteiger partial charge in [0.1, 0.15) is 0 Å². The van der Waals surface area contributed by atoms with Crippen LogP contribution in [0.5, 0.6) is 0 Å². The highest BCUT2D eigenvalue weighted by Gasteiger charge is 2.58. The van der Waals surface area contributed by atoms with E-state index in [1.807, 2.05) is 0 Å². The van der Waals surface area contributed by atoms with Crippen LogP contribution in [-0.2, 0) is 4.74 Å². The van der Waals surface area contributed by atoms with Crippen LogP contribution in [0.2, 0.25) is 0 Å². The highest BCUT2D eigenvalue weighted by molar-refractivity contribution is 5.98. The van der Waals surface area contributed by atoms with Gasteiger partial charge in [-0.25, -0.2) is 4.79 Å². The average molecular weight is 317 g/mol. The highest BCUT2D eigenvalue weighted by Crippen LogP contribution is 2.51. The molecule has 0 bridgehead atoms. The van der Waals surface area contributed by atoms with Crippen LogP contribution >= 0.6 is 0 Å². The Bertz CT molecular complexity index is 652. The third kappa shape index (κ3) is 2.74. The maximum absolute atomic E-state index is 12.6. The first-order valence-electron chi connectivity index (χ1n) is 8.08. The molecule has 3 atom stereocenters. The standard InChI is InChI=1S/C18H23NO4/c1-10-7-11(9-12(8-10)17(21)22)16(20)19-14-13-5-4-6-23-15(13)18(14,2)3/h7-9,13-15H,4-6H2,1-3H3,(H,19,20)(H,21,22). The fraction of sp³-hybridized carbons (Fsp3) is 0.556. The van der Waals surface area contributed by atoms with Gasteiger partial charge in [0.2, 0.25) is 0 Å². The number of hydrogen-bond acceptors (Lipinski definition) is 3. The Labute approximate surface area is 136 Å². The molecule has 1 amide bonds. The molecule has 1 heterocycles. The van der Waals surface area contributed by atoms with E-state index in [0.29, 0.717) is 11.5 Å². The molecule has 3 rings (SSSR count). The van der Waals surface area contributed by atoms with Gasteiger partial charge in [0.25, 0.3) is 5.91 Å². The van der Waals surface area contributed by atoms with E-state index in [9.17, 15) is 9.59 Å². The number of nitrogens with one attached hydrogen (secondary N) is 1. The van der Waals surface area contributed by atoms with Gasteiger partial charge in [-0.2, -0.15) is 0 Å². The second-order valence-corrected chi connectivity index (χ2v) is 7.26.